The molecule has 5 nitrogen and oxygen atoms in total. The van der Waals surface area contributed by atoms with Gasteiger partial charge in [-0.2, -0.15) is 0 Å². The maximum Gasteiger partial charge on any atom is 0.256 e. The zero-order valence-electron chi connectivity index (χ0n) is 19.1. The summed E-state index contributed by atoms with van der Waals surface area (Å²) in [6.45, 7) is 4.44. The van der Waals surface area contributed by atoms with Crippen molar-refractivity contribution >= 4 is 52.1 Å². The van der Waals surface area contributed by atoms with Crippen LogP contribution < -0.4 is 10.2 Å². The number of nitrogens with one attached hydrogen (secondary N) is 1. The van der Waals surface area contributed by atoms with Crippen molar-refractivity contribution in [1.82, 2.24) is 4.90 Å². The molecule has 7 heteroatoms. The van der Waals surface area contributed by atoms with E-state index in [2.05, 4.69) is 12.2 Å². The number of amides is 2. The van der Waals surface area contributed by atoms with E-state index in [9.17, 15) is 9.59 Å². The zero-order valence-corrected chi connectivity index (χ0v) is 20.7. The molecule has 1 heterocycles. The first-order valence-corrected chi connectivity index (χ1v) is 12.0. The molecule has 0 spiro atoms. The molecule has 34 heavy (non-hydrogen) atoms. The highest BCUT2D eigenvalue weighted by atomic mass is 35.5. The van der Waals surface area contributed by atoms with Gasteiger partial charge in [-0.25, -0.2) is 0 Å². The van der Waals surface area contributed by atoms with Crippen molar-refractivity contribution in [2.24, 2.45) is 0 Å². The van der Waals surface area contributed by atoms with Crippen LogP contribution in [0.5, 0.6) is 0 Å². The third-order valence-corrected chi connectivity index (χ3v) is 6.53. The monoisotopic (exact) mass is 491 g/mol. The number of anilines is 2. The first kappa shape index (κ1) is 23.9. The molecule has 4 rings (SSSR count). The first-order chi connectivity index (χ1) is 16.4. The Morgan fingerprint density at radius 1 is 1.03 bits per heavy atom. The number of carbonyl (C=O) groups excluding carboxylic acids is 2. The van der Waals surface area contributed by atoms with Crippen LogP contribution in [0.1, 0.15) is 30.0 Å². The van der Waals surface area contributed by atoms with E-state index in [1.54, 1.807) is 6.07 Å². The normalized spacial score (nSPS) is 15.7. The maximum atomic E-state index is 13.5. The van der Waals surface area contributed by atoms with Gasteiger partial charge in [0.15, 0.2) is 5.11 Å². The third-order valence-electron chi connectivity index (χ3n) is 5.88. The van der Waals surface area contributed by atoms with Crippen LogP contribution in [0.3, 0.4) is 0 Å². The molecule has 1 saturated heterocycles. The van der Waals surface area contributed by atoms with E-state index in [1.807, 2.05) is 78.6 Å². The molecule has 0 aliphatic carbocycles. The Bertz CT molecular complexity index is 1210. The fourth-order valence-electron chi connectivity index (χ4n) is 3.99. The summed E-state index contributed by atoms with van der Waals surface area (Å²) < 4.78 is 0. The van der Waals surface area contributed by atoms with E-state index in [-0.39, 0.29) is 18.2 Å². The van der Waals surface area contributed by atoms with Crippen LogP contribution >= 0.6 is 23.8 Å². The number of halogens is 1. The zero-order chi connectivity index (χ0) is 24.2. The summed E-state index contributed by atoms with van der Waals surface area (Å²) in [5, 5.41) is 3.89. The molecule has 1 aliphatic rings. The molecular formula is C27H26ClN3O2S. The predicted octanol–water partition coefficient (Wildman–Crippen LogP) is 5.74. The lowest BCUT2D eigenvalue weighted by Gasteiger charge is -2.24. The smallest absolute Gasteiger partial charge is 0.256 e. The summed E-state index contributed by atoms with van der Waals surface area (Å²) in [5.74, 6) is -0.459. The highest BCUT2D eigenvalue weighted by molar-refractivity contribution is 7.80. The van der Waals surface area contributed by atoms with Crippen molar-refractivity contribution < 1.29 is 9.59 Å². The second kappa shape index (κ2) is 10.4. The van der Waals surface area contributed by atoms with Crippen molar-refractivity contribution in [3.8, 4) is 0 Å². The van der Waals surface area contributed by atoms with Crippen LogP contribution in [0.25, 0.3) is 0 Å². The Morgan fingerprint density at radius 2 is 1.74 bits per heavy atom. The fourth-order valence-corrected chi connectivity index (χ4v) is 4.59. The lowest BCUT2D eigenvalue weighted by atomic mass is 10.1. The van der Waals surface area contributed by atoms with E-state index in [0.29, 0.717) is 28.1 Å². The summed E-state index contributed by atoms with van der Waals surface area (Å²) in [6.07, 6.45) is 0.910. The van der Waals surface area contributed by atoms with Crippen molar-refractivity contribution in [3.63, 3.8) is 0 Å². The molecule has 2 amide bonds. The summed E-state index contributed by atoms with van der Waals surface area (Å²) in [5.41, 5.74) is 4.58. The molecule has 1 N–H and O–H groups in total. The molecule has 1 fully saturated rings. The Balaban J connectivity index is 1.59. The molecule has 0 saturated carbocycles. The molecule has 3 aromatic carbocycles. The minimum Gasteiger partial charge on any atom is -0.332 e. The molecule has 1 atom stereocenters. The van der Waals surface area contributed by atoms with Gasteiger partial charge in [0.25, 0.3) is 5.91 Å². The van der Waals surface area contributed by atoms with Crippen LogP contribution in [-0.2, 0) is 22.6 Å². The minimum absolute atomic E-state index is 0.0164. The Kier molecular flexibility index (Phi) is 7.29. The number of nitrogens with zero attached hydrogens (tertiary/aromatic N) is 2. The minimum atomic E-state index is -0.720. The number of hydrogen-bond acceptors (Lipinski definition) is 3. The van der Waals surface area contributed by atoms with E-state index in [0.717, 1.165) is 17.5 Å². The second-order valence-corrected chi connectivity index (χ2v) is 9.17. The van der Waals surface area contributed by atoms with Gasteiger partial charge in [-0.3, -0.25) is 14.5 Å². The molecular weight excluding hydrogens is 466 g/mol. The van der Waals surface area contributed by atoms with Gasteiger partial charge in [-0.1, -0.05) is 60.5 Å². The average molecular weight is 492 g/mol. The van der Waals surface area contributed by atoms with Crippen molar-refractivity contribution in [2.75, 3.05) is 10.2 Å². The molecule has 0 aromatic heterocycles. The summed E-state index contributed by atoms with van der Waals surface area (Å²) in [7, 11) is 0. The van der Waals surface area contributed by atoms with E-state index in [4.69, 9.17) is 23.8 Å². The number of thiocarbonyl (C=S) groups is 1. The standard InChI is InChI=1S/C27H26ClN3O2S/c1-3-19-9-11-22(12-10-19)29-25(32)16-24-26(33)31(23-13-7-18(2)8-14-23)27(34)30(24)17-20-5-4-6-21(28)15-20/h4-15,24H,3,16-17H2,1-2H3,(H,29,32). The Labute approximate surface area is 210 Å². The van der Waals surface area contributed by atoms with Crippen LogP contribution in [0.4, 0.5) is 11.4 Å². The molecule has 0 bridgehead atoms. The lowest BCUT2D eigenvalue weighted by Crippen LogP contribution is -2.37. The number of rotatable bonds is 7. The van der Waals surface area contributed by atoms with Crippen molar-refractivity contribution in [2.45, 2.75) is 39.3 Å². The molecule has 3 aromatic rings. The number of benzene rings is 3. The van der Waals surface area contributed by atoms with Gasteiger partial charge in [0.1, 0.15) is 6.04 Å². The summed E-state index contributed by atoms with van der Waals surface area (Å²) in [4.78, 5) is 29.8. The van der Waals surface area contributed by atoms with E-state index >= 15 is 0 Å². The largest absolute Gasteiger partial charge is 0.332 e. The number of hydrogen-bond donors (Lipinski definition) is 1. The highest BCUT2D eigenvalue weighted by Gasteiger charge is 2.44. The Morgan fingerprint density at radius 3 is 2.38 bits per heavy atom. The van der Waals surface area contributed by atoms with Crippen LogP contribution in [0, 0.1) is 6.92 Å². The van der Waals surface area contributed by atoms with Gasteiger partial charge in [-0.05, 0) is 73.1 Å². The van der Waals surface area contributed by atoms with Gasteiger partial charge in [0.05, 0.1) is 12.1 Å². The second-order valence-electron chi connectivity index (χ2n) is 8.37. The van der Waals surface area contributed by atoms with E-state index < -0.39 is 6.04 Å². The number of carbonyl (C=O) groups is 2. The molecule has 0 radical (unpaired) electrons. The SMILES string of the molecule is CCc1ccc(NC(=O)CC2C(=O)N(c3ccc(C)cc3)C(=S)N2Cc2cccc(Cl)c2)cc1. The van der Waals surface area contributed by atoms with Gasteiger partial charge < -0.3 is 10.2 Å². The van der Waals surface area contributed by atoms with Gasteiger partial charge in [-0.15, -0.1) is 0 Å². The number of aryl methyl sites for hydroxylation is 2. The van der Waals surface area contributed by atoms with Gasteiger partial charge in [0, 0.05) is 17.3 Å². The van der Waals surface area contributed by atoms with Crippen LogP contribution in [0.2, 0.25) is 5.02 Å². The Hall–Kier alpha value is -3.22. The quantitative estimate of drug-likeness (QED) is 0.428. The van der Waals surface area contributed by atoms with Crippen LogP contribution in [0.15, 0.2) is 72.8 Å². The molecule has 1 unspecified atom stereocenters. The summed E-state index contributed by atoms with van der Waals surface area (Å²) in [6, 6.07) is 22.0. The van der Waals surface area contributed by atoms with Gasteiger partial charge >= 0.3 is 0 Å². The van der Waals surface area contributed by atoms with Crippen LogP contribution in [-0.4, -0.2) is 27.9 Å². The topological polar surface area (TPSA) is 52.7 Å². The first-order valence-electron chi connectivity index (χ1n) is 11.2. The summed E-state index contributed by atoms with van der Waals surface area (Å²) >= 11 is 11.9. The molecule has 174 valence electrons. The fraction of sp³-hybridized carbons (Fsp3) is 0.222. The van der Waals surface area contributed by atoms with Gasteiger partial charge in [0.2, 0.25) is 5.91 Å². The van der Waals surface area contributed by atoms with Crippen molar-refractivity contribution in [3.05, 3.63) is 94.5 Å². The lowest BCUT2D eigenvalue weighted by molar-refractivity contribution is -0.124. The van der Waals surface area contributed by atoms with E-state index in [1.165, 1.54) is 10.5 Å². The third kappa shape index (κ3) is 5.29. The van der Waals surface area contributed by atoms with Crippen molar-refractivity contribution in [1.29, 1.82) is 0 Å². The average Bonchev–Trinajstić information content (AvgIpc) is 3.04. The highest BCUT2D eigenvalue weighted by Crippen LogP contribution is 2.29. The molecule has 1 aliphatic heterocycles. The predicted molar refractivity (Wildman–Crippen MR) is 141 cm³/mol. The maximum absolute atomic E-state index is 13.5.